The summed E-state index contributed by atoms with van der Waals surface area (Å²) in [4.78, 5) is 11.4. The van der Waals surface area contributed by atoms with Crippen molar-refractivity contribution >= 4 is 6.09 Å². The van der Waals surface area contributed by atoms with E-state index in [0.29, 0.717) is 12.5 Å². The Morgan fingerprint density at radius 2 is 1.94 bits per heavy atom. The zero-order valence-electron chi connectivity index (χ0n) is 11.0. The van der Waals surface area contributed by atoms with E-state index in [1.165, 1.54) is 0 Å². The van der Waals surface area contributed by atoms with Crippen LogP contribution in [0.1, 0.15) is 46.5 Å². The Morgan fingerprint density at radius 3 is 2.41 bits per heavy atom. The SMILES string of the molecule is CC(C)(C)OC(=O)NC[C@H]1CC[C@H](C#N)CC1. The second-order valence-corrected chi connectivity index (χ2v) is 5.73. The quantitative estimate of drug-likeness (QED) is 0.804. The van der Waals surface area contributed by atoms with Crippen LogP contribution in [0.15, 0.2) is 0 Å². The maximum Gasteiger partial charge on any atom is 0.407 e. The first kappa shape index (κ1) is 13.8. The topological polar surface area (TPSA) is 62.1 Å². The van der Waals surface area contributed by atoms with Crippen molar-refractivity contribution in [2.75, 3.05) is 6.54 Å². The van der Waals surface area contributed by atoms with E-state index in [9.17, 15) is 4.79 Å². The maximum absolute atomic E-state index is 11.4. The smallest absolute Gasteiger partial charge is 0.407 e. The van der Waals surface area contributed by atoms with Gasteiger partial charge in [-0.1, -0.05) is 0 Å². The van der Waals surface area contributed by atoms with Crippen LogP contribution in [-0.2, 0) is 4.74 Å². The predicted molar refractivity (Wildman–Crippen MR) is 65.3 cm³/mol. The van der Waals surface area contributed by atoms with Crippen LogP contribution in [0.3, 0.4) is 0 Å². The van der Waals surface area contributed by atoms with Gasteiger partial charge >= 0.3 is 6.09 Å². The van der Waals surface area contributed by atoms with Crippen molar-refractivity contribution in [1.29, 1.82) is 5.26 Å². The number of amides is 1. The molecule has 0 unspecified atom stereocenters. The summed E-state index contributed by atoms with van der Waals surface area (Å²) < 4.78 is 5.17. The molecule has 1 saturated carbocycles. The molecular weight excluding hydrogens is 216 g/mol. The van der Waals surface area contributed by atoms with Crippen LogP contribution in [0, 0.1) is 23.2 Å². The minimum absolute atomic E-state index is 0.216. The third kappa shape index (κ3) is 5.58. The van der Waals surface area contributed by atoms with Crippen LogP contribution >= 0.6 is 0 Å². The molecular formula is C13H22N2O2. The van der Waals surface area contributed by atoms with Gasteiger partial charge in [-0.2, -0.15) is 5.26 Å². The summed E-state index contributed by atoms with van der Waals surface area (Å²) in [7, 11) is 0. The molecule has 0 radical (unpaired) electrons. The lowest BCUT2D eigenvalue weighted by Gasteiger charge is -2.26. The van der Waals surface area contributed by atoms with E-state index in [-0.39, 0.29) is 12.0 Å². The van der Waals surface area contributed by atoms with Crippen molar-refractivity contribution in [3.8, 4) is 6.07 Å². The number of ether oxygens (including phenoxy) is 1. The Hall–Kier alpha value is -1.24. The molecule has 0 aromatic heterocycles. The summed E-state index contributed by atoms with van der Waals surface area (Å²) in [6.07, 6.45) is 3.61. The van der Waals surface area contributed by atoms with Gasteiger partial charge in [0.05, 0.1) is 6.07 Å². The second-order valence-electron chi connectivity index (χ2n) is 5.73. The molecule has 1 aliphatic carbocycles. The third-order valence-corrected chi connectivity index (χ3v) is 2.96. The molecule has 1 fully saturated rings. The highest BCUT2D eigenvalue weighted by molar-refractivity contribution is 5.67. The standard InChI is InChI=1S/C13H22N2O2/c1-13(2,3)17-12(16)15-9-11-6-4-10(8-14)5-7-11/h10-11H,4-7,9H2,1-3H3,(H,15,16)/t10-,11-. The summed E-state index contributed by atoms with van der Waals surface area (Å²) in [5.41, 5.74) is -0.442. The van der Waals surface area contributed by atoms with Gasteiger partial charge < -0.3 is 10.1 Å². The molecule has 1 N–H and O–H groups in total. The van der Waals surface area contributed by atoms with Crippen molar-refractivity contribution in [2.45, 2.75) is 52.1 Å². The monoisotopic (exact) mass is 238 g/mol. The van der Waals surface area contributed by atoms with E-state index < -0.39 is 5.60 Å². The van der Waals surface area contributed by atoms with Crippen molar-refractivity contribution in [3.63, 3.8) is 0 Å². The van der Waals surface area contributed by atoms with Gasteiger partial charge in [-0.15, -0.1) is 0 Å². The van der Waals surface area contributed by atoms with Crippen molar-refractivity contribution < 1.29 is 9.53 Å². The Morgan fingerprint density at radius 1 is 1.35 bits per heavy atom. The highest BCUT2D eigenvalue weighted by atomic mass is 16.6. The average molecular weight is 238 g/mol. The predicted octanol–water partition coefficient (Wildman–Crippen LogP) is 2.84. The maximum atomic E-state index is 11.4. The molecule has 4 nitrogen and oxygen atoms in total. The normalized spacial score (nSPS) is 24.8. The molecule has 96 valence electrons. The summed E-state index contributed by atoms with van der Waals surface area (Å²) in [6, 6.07) is 2.31. The molecule has 0 bridgehead atoms. The van der Waals surface area contributed by atoms with E-state index in [0.717, 1.165) is 25.7 Å². The van der Waals surface area contributed by atoms with Gasteiger partial charge in [-0.25, -0.2) is 4.79 Å². The van der Waals surface area contributed by atoms with Gasteiger partial charge in [0.25, 0.3) is 0 Å². The van der Waals surface area contributed by atoms with Crippen LogP contribution in [0.4, 0.5) is 4.79 Å². The molecule has 0 aliphatic heterocycles. The Kier molecular flexibility index (Phi) is 4.80. The van der Waals surface area contributed by atoms with Gasteiger partial charge in [0.2, 0.25) is 0 Å². The summed E-state index contributed by atoms with van der Waals surface area (Å²) in [6.45, 7) is 6.22. The molecule has 1 rings (SSSR count). The van der Waals surface area contributed by atoms with Gasteiger partial charge in [-0.3, -0.25) is 0 Å². The minimum Gasteiger partial charge on any atom is -0.444 e. The van der Waals surface area contributed by atoms with Crippen LogP contribution in [-0.4, -0.2) is 18.2 Å². The molecule has 1 amide bonds. The zero-order chi connectivity index (χ0) is 12.9. The number of hydrogen-bond acceptors (Lipinski definition) is 3. The third-order valence-electron chi connectivity index (χ3n) is 2.96. The molecule has 17 heavy (non-hydrogen) atoms. The average Bonchev–Trinajstić information content (AvgIpc) is 2.25. The Labute approximate surface area is 103 Å². The summed E-state index contributed by atoms with van der Waals surface area (Å²) >= 11 is 0. The first-order valence-corrected chi connectivity index (χ1v) is 6.27. The fourth-order valence-corrected chi connectivity index (χ4v) is 2.04. The molecule has 1 aliphatic rings. The first-order valence-electron chi connectivity index (χ1n) is 6.27. The van der Waals surface area contributed by atoms with Gasteiger partial charge in [-0.05, 0) is 52.4 Å². The van der Waals surface area contributed by atoms with Crippen molar-refractivity contribution in [3.05, 3.63) is 0 Å². The lowest BCUT2D eigenvalue weighted by atomic mass is 9.83. The lowest BCUT2D eigenvalue weighted by Crippen LogP contribution is -2.36. The van der Waals surface area contributed by atoms with E-state index in [4.69, 9.17) is 10.00 Å². The molecule has 0 aromatic carbocycles. The summed E-state index contributed by atoms with van der Waals surface area (Å²) in [5, 5.41) is 11.6. The van der Waals surface area contributed by atoms with E-state index in [2.05, 4.69) is 11.4 Å². The largest absolute Gasteiger partial charge is 0.444 e. The number of nitrogens with zero attached hydrogens (tertiary/aromatic N) is 1. The molecule has 4 heteroatoms. The molecule has 0 spiro atoms. The Bertz CT molecular complexity index is 294. The highest BCUT2D eigenvalue weighted by Crippen LogP contribution is 2.27. The second kappa shape index (κ2) is 5.90. The molecule has 0 aromatic rings. The van der Waals surface area contributed by atoms with E-state index >= 15 is 0 Å². The Balaban J connectivity index is 2.20. The minimum atomic E-state index is -0.442. The molecule has 0 heterocycles. The number of nitrogens with one attached hydrogen (secondary N) is 1. The zero-order valence-corrected chi connectivity index (χ0v) is 11.0. The van der Waals surface area contributed by atoms with Gasteiger partial charge in [0.1, 0.15) is 5.60 Å². The number of rotatable bonds is 2. The fourth-order valence-electron chi connectivity index (χ4n) is 2.04. The van der Waals surface area contributed by atoms with Gasteiger partial charge in [0, 0.05) is 12.5 Å². The van der Waals surface area contributed by atoms with Crippen LogP contribution in [0.2, 0.25) is 0 Å². The van der Waals surface area contributed by atoms with E-state index in [1.54, 1.807) is 0 Å². The number of carbonyl (C=O) groups is 1. The number of hydrogen-bond donors (Lipinski definition) is 1. The lowest BCUT2D eigenvalue weighted by molar-refractivity contribution is 0.0514. The number of nitriles is 1. The van der Waals surface area contributed by atoms with E-state index in [1.807, 2.05) is 20.8 Å². The first-order chi connectivity index (χ1) is 7.90. The highest BCUT2D eigenvalue weighted by Gasteiger charge is 2.22. The number of alkyl carbamates (subject to hydrolysis) is 1. The molecule has 0 atom stereocenters. The van der Waals surface area contributed by atoms with Crippen LogP contribution in [0.5, 0.6) is 0 Å². The van der Waals surface area contributed by atoms with Crippen LogP contribution < -0.4 is 5.32 Å². The van der Waals surface area contributed by atoms with Crippen molar-refractivity contribution in [1.82, 2.24) is 5.32 Å². The van der Waals surface area contributed by atoms with Gasteiger partial charge in [0.15, 0.2) is 0 Å². The van der Waals surface area contributed by atoms with Crippen molar-refractivity contribution in [2.24, 2.45) is 11.8 Å². The summed E-state index contributed by atoms with van der Waals surface area (Å²) in [5.74, 6) is 0.708. The molecule has 0 saturated heterocycles. The fraction of sp³-hybridized carbons (Fsp3) is 0.846. The van der Waals surface area contributed by atoms with Crippen LogP contribution in [0.25, 0.3) is 0 Å². The number of carbonyl (C=O) groups excluding carboxylic acids is 1.